The highest BCUT2D eigenvalue weighted by atomic mass is 16.5. The quantitative estimate of drug-likeness (QED) is 0.944. The largest absolute Gasteiger partial charge is 0.375 e. The van der Waals surface area contributed by atoms with Gasteiger partial charge in [0.1, 0.15) is 0 Å². The van der Waals surface area contributed by atoms with Gasteiger partial charge in [-0.1, -0.05) is 6.07 Å². The zero-order valence-corrected chi connectivity index (χ0v) is 12.8. The summed E-state index contributed by atoms with van der Waals surface area (Å²) in [5.74, 6) is 0.138. The molecule has 1 aromatic carbocycles. The fourth-order valence-corrected chi connectivity index (χ4v) is 3.34. The van der Waals surface area contributed by atoms with Crippen molar-refractivity contribution < 1.29 is 9.53 Å². The van der Waals surface area contributed by atoms with E-state index in [-0.39, 0.29) is 5.91 Å². The number of piperidine rings is 1. The fraction of sp³-hybridized carbons (Fsp3) is 0.500. The molecular formula is C18H22N2O2. The first-order chi connectivity index (χ1) is 10.8. The number of hydrogen-bond donors (Lipinski definition) is 1. The first-order valence-corrected chi connectivity index (χ1v) is 8.31. The Morgan fingerprint density at radius 3 is 2.59 bits per heavy atom. The number of carbonyl (C=O) groups excluding carboxylic acids is 1. The number of aromatic nitrogens is 1. The SMILES string of the molecule is O=C(c1ccc2cc[nH]c2c1)N1CCC(OC2CCC2)CC1. The molecule has 1 saturated heterocycles. The molecule has 2 aliphatic rings. The molecule has 2 heterocycles. The van der Waals surface area contributed by atoms with Gasteiger partial charge >= 0.3 is 0 Å². The van der Waals surface area contributed by atoms with E-state index in [0.29, 0.717) is 12.2 Å². The van der Waals surface area contributed by atoms with Crippen molar-refractivity contribution in [2.45, 2.75) is 44.3 Å². The third kappa shape index (κ3) is 2.63. The van der Waals surface area contributed by atoms with Gasteiger partial charge in [0.2, 0.25) is 0 Å². The highest BCUT2D eigenvalue weighted by Crippen LogP contribution is 2.27. The minimum atomic E-state index is 0.138. The third-order valence-corrected chi connectivity index (χ3v) is 4.97. The average Bonchev–Trinajstić information content (AvgIpc) is 2.98. The Kier molecular flexibility index (Phi) is 3.62. The summed E-state index contributed by atoms with van der Waals surface area (Å²) in [5, 5.41) is 1.14. The predicted molar refractivity (Wildman–Crippen MR) is 85.9 cm³/mol. The molecule has 0 bridgehead atoms. The van der Waals surface area contributed by atoms with Gasteiger partial charge in [-0.3, -0.25) is 4.79 Å². The maximum Gasteiger partial charge on any atom is 0.253 e. The van der Waals surface area contributed by atoms with E-state index in [2.05, 4.69) is 4.98 Å². The van der Waals surface area contributed by atoms with Crippen molar-refractivity contribution >= 4 is 16.8 Å². The molecule has 0 radical (unpaired) electrons. The van der Waals surface area contributed by atoms with Gasteiger partial charge in [0.25, 0.3) is 5.91 Å². The van der Waals surface area contributed by atoms with E-state index in [0.717, 1.165) is 42.4 Å². The third-order valence-electron chi connectivity index (χ3n) is 4.97. The molecule has 4 nitrogen and oxygen atoms in total. The van der Waals surface area contributed by atoms with Crippen LogP contribution < -0.4 is 0 Å². The van der Waals surface area contributed by atoms with Gasteiger partial charge in [-0.15, -0.1) is 0 Å². The van der Waals surface area contributed by atoms with Crippen molar-refractivity contribution in [3.05, 3.63) is 36.0 Å². The molecule has 0 unspecified atom stereocenters. The van der Waals surface area contributed by atoms with Crippen LogP contribution in [0, 0.1) is 0 Å². The fourth-order valence-electron chi connectivity index (χ4n) is 3.34. The summed E-state index contributed by atoms with van der Waals surface area (Å²) in [5.41, 5.74) is 1.79. The molecule has 1 N–H and O–H groups in total. The molecule has 4 heteroatoms. The lowest BCUT2D eigenvalue weighted by molar-refractivity contribution is -0.0705. The second-order valence-electron chi connectivity index (χ2n) is 6.46. The molecule has 2 fully saturated rings. The topological polar surface area (TPSA) is 45.3 Å². The first kappa shape index (κ1) is 13.8. The molecule has 1 aromatic heterocycles. The van der Waals surface area contributed by atoms with Crippen molar-refractivity contribution in [1.29, 1.82) is 0 Å². The number of ether oxygens (including phenoxy) is 1. The number of aromatic amines is 1. The van der Waals surface area contributed by atoms with E-state index in [9.17, 15) is 4.79 Å². The highest BCUT2D eigenvalue weighted by molar-refractivity contribution is 5.97. The van der Waals surface area contributed by atoms with E-state index < -0.39 is 0 Å². The number of H-pyrrole nitrogens is 1. The number of likely N-dealkylation sites (tertiary alicyclic amines) is 1. The second kappa shape index (κ2) is 5.76. The summed E-state index contributed by atoms with van der Waals surface area (Å²) >= 11 is 0. The van der Waals surface area contributed by atoms with Crippen molar-refractivity contribution in [1.82, 2.24) is 9.88 Å². The van der Waals surface area contributed by atoms with Crippen LogP contribution in [0.1, 0.15) is 42.5 Å². The molecule has 1 aliphatic carbocycles. The van der Waals surface area contributed by atoms with Crippen LogP contribution >= 0.6 is 0 Å². The van der Waals surface area contributed by atoms with E-state index in [1.807, 2.05) is 35.4 Å². The van der Waals surface area contributed by atoms with Crippen molar-refractivity contribution in [3.63, 3.8) is 0 Å². The lowest BCUT2D eigenvalue weighted by Crippen LogP contribution is -2.42. The number of nitrogens with one attached hydrogen (secondary N) is 1. The van der Waals surface area contributed by atoms with Crippen LogP contribution in [0.25, 0.3) is 10.9 Å². The normalized spacial score (nSPS) is 20.3. The van der Waals surface area contributed by atoms with Crippen LogP contribution in [0.2, 0.25) is 0 Å². The number of nitrogens with zero attached hydrogens (tertiary/aromatic N) is 1. The number of hydrogen-bond acceptors (Lipinski definition) is 2. The van der Waals surface area contributed by atoms with Crippen LogP contribution in [-0.4, -0.2) is 41.1 Å². The Balaban J connectivity index is 1.38. The van der Waals surface area contributed by atoms with Gasteiger partial charge < -0.3 is 14.6 Å². The van der Waals surface area contributed by atoms with Crippen LogP contribution in [0.5, 0.6) is 0 Å². The summed E-state index contributed by atoms with van der Waals surface area (Å²) in [6, 6.07) is 7.91. The molecule has 0 spiro atoms. The maximum absolute atomic E-state index is 12.6. The van der Waals surface area contributed by atoms with Gasteiger partial charge in [0.15, 0.2) is 0 Å². The van der Waals surface area contributed by atoms with Crippen LogP contribution in [0.4, 0.5) is 0 Å². The average molecular weight is 298 g/mol. The van der Waals surface area contributed by atoms with E-state index in [1.165, 1.54) is 19.3 Å². The molecule has 2 aromatic rings. The molecule has 1 saturated carbocycles. The van der Waals surface area contributed by atoms with E-state index >= 15 is 0 Å². The Hall–Kier alpha value is -1.81. The minimum absolute atomic E-state index is 0.138. The van der Waals surface area contributed by atoms with Crippen LogP contribution in [0.3, 0.4) is 0 Å². The molecule has 1 aliphatic heterocycles. The predicted octanol–water partition coefficient (Wildman–Crippen LogP) is 3.34. The number of rotatable bonds is 3. The Bertz CT molecular complexity index is 667. The molecule has 0 atom stereocenters. The summed E-state index contributed by atoms with van der Waals surface area (Å²) < 4.78 is 6.07. The summed E-state index contributed by atoms with van der Waals surface area (Å²) in [4.78, 5) is 17.8. The van der Waals surface area contributed by atoms with Gasteiger partial charge in [-0.2, -0.15) is 0 Å². The monoisotopic (exact) mass is 298 g/mol. The first-order valence-electron chi connectivity index (χ1n) is 8.31. The maximum atomic E-state index is 12.6. The summed E-state index contributed by atoms with van der Waals surface area (Å²) in [7, 11) is 0. The van der Waals surface area contributed by atoms with Crippen molar-refractivity contribution in [2.24, 2.45) is 0 Å². The summed E-state index contributed by atoms with van der Waals surface area (Å²) in [6.45, 7) is 1.61. The zero-order valence-electron chi connectivity index (χ0n) is 12.8. The Morgan fingerprint density at radius 1 is 1.09 bits per heavy atom. The van der Waals surface area contributed by atoms with Crippen LogP contribution in [0.15, 0.2) is 30.5 Å². The Labute approximate surface area is 130 Å². The van der Waals surface area contributed by atoms with Gasteiger partial charge in [0, 0.05) is 30.4 Å². The molecular weight excluding hydrogens is 276 g/mol. The smallest absolute Gasteiger partial charge is 0.253 e. The van der Waals surface area contributed by atoms with Gasteiger partial charge in [-0.25, -0.2) is 0 Å². The Morgan fingerprint density at radius 2 is 1.86 bits per heavy atom. The number of carbonyl (C=O) groups is 1. The number of amides is 1. The zero-order chi connectivity index (χ0) is 14.9. The molecule has 116 valence electrons. The van der Waals surface area contributed by atoms with E-state index in [4.69, 9.17) is 4.74 Å². The van der Waals surface area contributed by atoms with Crippen molar-refractivity contribution in [3.8, 4) is 0 Å². The van der Waals surface area contributed by atoms with Gasteiger partial charge in [-0.05, 0) is 55.7 Å². The lowest BCUT2D eigenvalue weighted by atomic mass is 9.95. The standard InChI is InChI=1S/C18H22N2O2/c21-18(14-5-4-13-6-9-19-17(13)12-14)20-10-7-16(8-11-20)22-15-2-1-3-15/h4-6,9,12,15-16,19H,1-3,7-8,10-11H2. The second-order valence-corrected chi connectivity index (χ2v) is 6.46. The van der Waals surface area contributed by atoms with E-state index in [1.54, 1.807) is 0 Å². The van der Waals surface area contributed by atoms with Crippen molar-refractivity contribution in [2.75, 3.05) is 13.1 Å². The number of benzene rings is 1. The van der Waals surface area contributed by atoms with Gasteiger partial charge in [0.05, 0.1) is 12.2 Å². The molecule has 4 rings (SSSR count). The molecule has 1 amide bonds. The minimum Gasteiger partial charge on any atom is -0.375 e. The van der Waals surface area contributed by atoms with Crippen LogP contribution in [-0.2, 0) is 4.74 Å². The summed E-state index contributed by atoms with van der Waals surface area (Å²) in [6.07, 6.45) is 8.42. The molecule has 22 heavy (non-hydrogen) atoms. The lowest BCUT2D eigenvalue weighted by Gasteiger charge is -2.36. The highest BCUT2D eigenvalue weighted by Gasteiger charge is 2.28. The number of fused-ring (bicyclic) bond motifs is 1.